The van der Waals surface area contributed by atoms with Crippen LogP contribution in [-0.2, 0) is 0 Å². The van der Waals surface area contributed by atoms with Crippen molar-refractivity contribution in [2.45, 2.75) is 71.6 Å². The van der Waals surface area contributed by atoms with Crippen LogP contribution in [0.15, 0.2) is 36.0 Å². The Balaban J connectivity index is 1.67. The van der Waals surface area contributed by atoms with Crippen LogP contribution >= 0.6 is 0 Å². The highest BCUT2D eigenvalue weighted by molar-refractivity contribution is 5.27. The normalized spacial score (nSPS) is 31.2. The molecule has 0 aliphatic heterocycles. The zero-order valence-corrected chi connectivity index (χ0v) is 13.5. The van der Waals surface area contributed by atoms with Crippen molar-refractivity contribution in [2.75, 3.05) is 0 Å². The van der Waals surface area contributed by atoms with Crippen molar-refractivity contribution in [2.24, 2.45) is 17.8 Å². The van der Waals surface area contributed by atoms with Crippen molar-refractivity contribution in [1.29, 1.82) is 0 Å². The largest absolute Gasteiger partial charge is 0.103 e. The van der Waals surface area contributed by atoms with E-state index in [4.69, 9.17) is 0 Å². The molecule has 0 spiro atoms. The molecule has 2 saturated carbocycles. The first-order chi connectivity index (χ1) is 9.74. The third-order valence-corrected chi connectivity index (χ3v) is 5.47. The minimum Gasteiger partial charge on any atom is -0.103 e. The first-order valence-electron chi connectivity index (χ1n) is 8.68. The Labute approximate surface area is 126 Å². The highest BCUT2D eigenvalue weighted by Crippen LogP contribution is 2.53. The molecule has 2 aliphatic rings. The van der Waals surface area contributed by atoms with Crippen LogP contribution in [0.5, 0.6) is 0 Å². The Morgan fingerprint density at radius 2 is 2.00 bits per heavy atom. The Bertz CT molecular complexity index is 371. The fourth-order valence-electron chi connectivity index (χ4n) is 4.19. The number of rotatable bonds is 8. The summed E-state index contributed by atoms with van der Waals surface area (Å²) >= 11 is 0. The molecule has 2 bridgehead atoms. The highest BCUT2D eigenvalue weighted by atomic mass is 14.5. The van der Waals surface area contributed by atoms with Crippen LogP contribution in [0.1, 0.15) is 71.6 Å². The third-order valence-electron chi connectivity index (χ3n) is 5.47. The fraction of sp³-hybridized carbons (Fsp3) is 0.700. The fourth-order valence-corrected chi connectivity index (χ4v) is 4.19. The van der Waals surface area contributed by atoms with Crippen LogP contribution in [0.25, 0.3) is 0 Å². The van der Waals surface area contributed by atoms with E-state index in [9.17, 15) is 0 Å². The summed E-state index contributed by atoms with van der Waals surface area (Å²) in [5, 5.41) is 0. The smallest absolute Gasteiger partial charge is 0.0194 e. The van der Waals surface area contributed by atoms with Crippen LogP contribution in [0.2, 0.25) is 0 Å². The van der Waals surface area contributed by atoms with E-state index in [0.717, 1.165) is 17.8 Å². The van der Waals surface area contributed by atoms with Crippen LogP contribution in [-0.4, -0.2) is 0 Å². The monoisotopic (exact) mass is 272 g/mol. The minimum atomic E-state index is 0.931. The van der Waals surface area contributed by atoms with Gasteiger partial charge in [0.25, 0.3) is 0 Å². The highest BCUT2D eigenvalue weighted by Gasteiger charge is 2.41. The molecule has 0 aromatic heterocycles. The van der Waals surface area contributed by atoms with Gasteiger partial charge in [0, 0.05) is 0 Å². The van der Waals surface area contributed by atoms with Gasteiger partial charge >= 0.3 is 0 Å². The molecule has 2 fully saturated rings. The number of unbranched alkanes of at least 4 members (excludes halogenated alkanes) is 4. The van der Waals surface area contributed by atoms with Crippen LogP contribution in [0, 0.1) is 17.8 Å². The maximum Gasteiger partial charge on any atom is -0.0194 e. The van der Waals surface area contributed by atoms with Gasteiger partial charge < -0.3 is 0 Å². The molecule has 0 aromatic carbocycles. The second kappa shape index (κ2) is 7.86. The van der Waals surface area contributed by atoms with Crippen molar-refractivity contribution >= 4 is 0 Å². The number of hydrogen-bond acceptors (Lipinski definition) is 0. The second-order valence-corrected chi connectivity index (χ2v) is 6.92. The van der Waals surface area contributed by atoms with Gasteiger partial charge in [0.05, 0.1) is 0 Å². The molecule has 0 aromatic rings. The van der Waals surface area contributed by atoms with Gasteiger partial charge in [-0.05, 0) is 63.7 Å². The molecular weight excluding hydrogens is 240 g/mol. The predicted molar refractivity (Wildman–Crippen MR) is 89.7 cm³/mol. The summed E-state index contributed by atoms with van der Waals surface area (Å²) in [7, 11) is 0. The lowest BCUT2D eigenvalue weighted by atomic mass is 9.82. The first-order valence-corrected chi connectivity index (χ1v) is 8.68. The molecule has 0 N–H and O–H groups in total. The van der Waals surface area contributed by atoms with E-state index in [1.54, 1.807) is 5.57 Å². The van der Waals surface area contributed by atoms with Crippen molar-refractivity contribution in [3.8, 4) is 0 Å². The van der Waals surface area contributed by atoms with Crippen LogP contribution in [0.3, 0.4) is 0 Å². The quantitative estimate of drug-likeness (QED) is 0.352. The molecule has 0 saturated heterocycles. The van der Waals surface area contributed by atoms with E-state index >= 15 is 0 Å². The van der Waals surface area contributed by atoms with Gasteiger partial charge in [-0.15, -0.1) is 6.58 Å². The van der Waals surface area contributed by atoms with E-state index in [2.05, 4.69) is 38.7 Å². The van der Waals surface area contributed by atoms with Gasteiger partial charge in [0.1, 0.15) is 0 Å². The van der Waals surface area contributed by atoms with Gasteiger partial charge in [-0.3, -0.25) is 0 Å². The lowest BCUT2D eigenvalue weighted by Crippen LogP contribution is -2.12. The number of allylic oxidation sites excluding steroid dienone is 5. The Kier molecular flexibility index (Phi) is 6.13. The molecule has 20 heavy (non-hydrogen) atoms. The molecule has 0 nitrogen and oxygen atoms in total. The van der Waals surface area contributed by atoms with Crippen molar-refractivity contribution in [1.82, 2.24) is 0 Å². The average Bonchev–Trinajstić information content (AvgIpc) is 3.02. The summed E-state index contributed by atoms with van der Waals surface area (Å²) in [4.78, 5) is 0. The minimum absolute atomic E-state index is 0.931. The van der Waals surface area contributed by atoms with Gasteiger partial charge in [0.15, 0.2) is 0 Å². The zero-order chi connectivity index (χ0) is 14.4. The Hall–Kier alpha value is -0.780. The first kappa shape index (κ1) is 15.6. The number of fused-ring (bicyclic) bond motifs is 2. The summed E-state index contributed by atoms with van der Waals surface area (Å²) in [6.45, 7) is 8.18. The summed E-state index contributed by atoms with van der Waals surface area (Å²) in [6, 6.07) is 0. The van der Waals surface area contributed by atoms with Crippen molar-refractivity contribution in [3.63, 3.8) is 0 Å². The third kappa shape index (κ3) is 4.11. The molecule has 3 unspecified atom stereocenters. The Morgan fingerprint density at radius 3 is 2.65 bits per heavy atom. The van der Waals surface area contributed by atoms with Crippen LogP contribution in [0.4, 0.5) is 0 Å². The maximum atomic E-state index is 3.79. The molecular formula is C20H32. The van der Waals surface area contributed by atoms with Crippen molar-refractivity contribution in [3.05, 3.63) is 36.0 Å². The molecule has 0 amide bonds. The topological polar surface area (TPSA) is 0 Å². The SMILES string of the molecule is C=CCCCCCCC1CC2CC1CC2=CC(C)=CC. The summed E-state index contributed by atoms with van der Waals surface area (Å²) in [5.74, 6) is 2.99. The van der Waals surface area contributed by atoms with E-state index in [-0.39, 0.29) is 0 Å². The van der Waals surface area contributed by atoms with Gasteiger partial charge in [-0.2, -0.15) is 0 Å². The van der Waals surface area contributed by atoms with Crippen molar-refractivity contribution < 1.29 is 0 Å². The molecule has 2 aliphatic carbocycles. The number of hydrogen-bond donors (Lipinski definition) is 0. The van der Waals surface area contributed by atoms with Gasteiger partial charge in [0.2, 0.25) is 0 Å². The van der Waals surface area contributed by atoms with E-state index in [1.165, 1.54) is 63.4 Å². The van der Waals surface area contributed by atoms with Gasteiger partial charge in [-0.25, -0.2) is 0 Å². The lowest BCUT2D eigenvalue weighted by molar-refractivity contribution is 0.335. The van der Waals surface area contributed by atoms with E-state index in [1.807, 2.05) is 0 Å². The zero-order valence-electron chi connectivity index (χ0n) is 13.5. The van der Waals surface area contributed by atoms with E-state index in [0.29, 0.717) is 0 Å². The van der Waals surface area contributed by atoms with Crippen LogP contribution < -0.4 is 0 Å². The summed E-state index contributed by atoms with van der Waals surface area (Å²) in [6.07, 6.45) is 19.5. The summed E-state index contributed by atoms with van der Waals surface area (Å²) in [5.41, 5.74) is 3.21. The maximum absolute atomic E-state index is 3.79. The second-order valence-electron chi connectivity index (χ2n) is 6.92. The Morgan fingerprint density at radius 1 is 1.20 bits per heavy atom. The molecule has 112 valence electrons. The summed E-state index contributed by atoms with van der Waals surface area (Å²) < 4.78 is 0. The molecule has 0 heterocycles. The molecule has 0 radical (unpaired) electrons. The van der Waals surface area contributed by atoms with Gasteiger partial charge in [-0.1, -0.05) is 55.1 Å². The average molecular weight is 272 g/mol. The lowest BCUT2D eigenvalue weighted by Gasteiger charge is -2.23. The molecule has 0 heteroatoms. The molecule has 3 atom stereocenters. The van der Waals surface area contributed by atoms with E-state index < -0.39 is 0 Å². The molecule has 2 rings (SSSR count). The predicted octanol–water partition coefficient (Wildman–Crippen LogP) is 6.45. The standard InChI is InChI=1S/C20H32/c1-4-6-7-8-9-10-11-17-13-20-15-19(17)14-18(20)12-16(3)5-2/h4-5,12,17,19-20H,1,6-11,13-15H2,2-3H3.